The van der Waals surface area contributed by atoms with Crippen LogP contribution >= 0.6 is 27.5 Å². The number of nitrogens with one attached hydrogen (secondary N) is 2. The molecule has 1 aromatic heterocycles. The van der Waals surface area contributed by atoms with E-state index >= 15 is 0 Å². The van der Waals surface area contributed by atoms with Crippen LogP contribution in [0.3, 0.4) is 0 Å². The Kier molecular flexibility index (Phi) is 2.97. The van der Waals surface area contributed by atoms with Gasteiger partial charge in [0.1, 0.15) is 0 Å². The van der Waals surface area contributed by atoms with Gasteiger partial charge in [0.05, 0.1) is 16.7 Å². The molecule has 2 aromatic carbocycles. The minimum atomic E-state index is 0.693. The lowest BCUT2D eigenvalue weighted by atomic mass is 10.3. The summed E-state index contributed by atoms with van der Waals surface area (Å²) in [6.07, 6.45) is 0. The topological polar surface area (TPSA) is 40.7 Å². The Balaban J connectivity index is 1.98. The molecule has 0 spiro atoms. The zero-order chi connectivity index (χ0) is 12.5. The highest BCUT2D eigenvalue weighted by atomic mass is 79.9. The van der Waals surface area contributed by atoms with Crippen molar-refractivity contribution in [3.8, 4) is 0 Å². The van der Waals surface area contributed by atoms with Crippen LogP contribution < -0.4 is 5.32 Å². The summed E-state index contributed by atoms with van der Waals surface area (Å²) in [4.78, 5) is 7.63. The maximum Gasteiger partial charge on any atom is 0.205 e. The van der Waals surface area contributed by atoms with Gasteiger partial charge in [-0.1, -0.05) is 23.7 Å². The van der Waals surface area contributed by atoms with Gasteiger partial charge < -0.3 is 10.3 Å². The summed E-state index contributed by atoms with van der Waals surface area (Å²) in [5.74, 6) is 0.694. The Hall–Kier alpha value is -1.52. The van der Waals surface area contributed by atoms with Crippen LogP contribution in [0.5, 0.6) is 0 Å². The molecule has 3 nitrogen and oxygen atoms in total. The predicted octanol–water partition coefficient (Wildman–Crippen LogP) is 4.72. The molecule has 0 unspecified atom stereocenters. The van der Waals surface area contributed by atoms with Gasteiger partial charge in [-0.3, -0.25) is 0 Å². The number of nitrogens with zero attached hydrogens (tertiary/aromatic N) is 1. The lowest BCUT2D eigenvalue weighted by Crippen LogP contribution is -1.92. The van der Waals surface area contributed by atoms with Crippen LogP contribution in [0.1, 0.15) is 0 Å². The molecule has 0 radical (unpaired) electrons. The van der Waals surface area contributed by atoms with Gasteiger partial charge >= 0.3 is 0 Å². The van der Waals surface area contributed by atoms with E-state index in [4.69, 9.17) is 11.6 Å². The van der Waals surface area contributed by atoms with Gasteiger partial charge in [-0.25, -0.2) is 4.98 Å². The quantitative estimate of drug-likeness (QED) is 0.716. The molecule has 0 atom stereocenters. The molecule has 0 amide bonds. The number of aromatic amines is 1. The summed E-state index contributed by atoms with van der Waals surface area (Å²) >= 11 is 9.42. The molecular formula is C13H9BrClN3. The van der Waals surface area contributed by atoms with Crippen LogP contribution in [0.15, 0.2) is 46.9 Å². The number of hydrogen-bond donors (Lipinski definition) is 2. The normalized spacial score (nSPS) is 10.8. The second kappa shape index (κ2) is 4.63. The molecule has 5 heteroatoms. The average Bonchev–Trinajstić information content (AvgIpc) is 2.73. The largest absolute Gasteiger partial charge is 0.325 e. The van der Waals surface area contributed by atoms with Crippen LogP contribution in [0.2, 0.25) is 5.02 Å². The van der Waals surface area contributed by atoms with Gasteiger partial charge in [0.2, 0.25) is 5.95 Å². The van der Waals surface area contributed by atoms with Crippen molar-refractivity contribution in [3.05, 3.63) is 52.0 Å². The fraction of sp³-hybridized carbons (Fsp3) is 0. The summed E-state index contributed by atoms with van der Waals surface area (Å²) in [5, 5.41) is 3.92. The van der Waals surface area contributed by atoms with Crippen LogP contribution in [-0.2, 0) is 0 Å². The van der Waals surface area contributed by atoms with Gasteiger partial charge in [-0.05, 0) is 46.3 Å². The number of benzene rings is 2. The number of aromatic nitrogens is 2. The first-order chi connectivity index (χ1) is 8.72. The van der Waals surface area contributed by atoms with Crippen molar-refractivity contribution in [1.29, 1.82) is 0 Å². The first-order valence-corrected chi connectivity index (χ1v) is 6.56. The van der Waals surface area contributed by atoms with Crippen molar-refractivity contribution in [2.75, 3.05) is 5.32 Å². The molecule has 0 aliphatic heterocycles. The van der Waals surface area contributed by atoms with E-state index < -0.39 is 0 Å². The first kappa shape index (κ1) is 11.6. The van der Waals surface area contributed by atoms with E-state index in [0.29, 0.717) is 11.0 Å². The molecule has 18 heavy (non-hydrogen) atoms. The van der Waals surface area contributed by atoms with Crippen LogP contribution in [0.25, 0.3) is 11.0 Å². The number of para-hydroxylation sites is 1. The minimum Gasteiger partial charge on any atom is -0.325 e. The summed E-state index contributed by atoms with van der Waals surface area (Å²) in [6.45, 7) is 0. The molecule has 0 aliphatic carbocycles. The molecule has 1 heterocycles. The lowest BCUT2D eigenvalue weighted by molar-refractivity contribution is 1.31. The Morgan fingerprint density at radius 2 is 2.00 bits per heavy atom. The van der Waals surface area contributed by atoms with Gasteiger partial charge in [-0.2, -0.15) is 0 Å². The number of fused-ring (bicyclic) bond motifs is 1. The first-order valence-electron chi connectivity index (χ1n) is 5.39. The summed E-state index contributed by atoms with van der Waals surface area (Å²) < 4.78 is 0.989. The smallest absolute Gasteiger partial charge is 0.205 e. The molecule has 90 valence electrons. The van der Waals surface area contributed by atoms with E-state index in [0.717, 1.165) is 21.2 Å². The van der Waals surface area contributed by atoms with Crippen molar-refractivity contribution < 1.29 is 0 Å². The highest BCUT2D eigenvalue weighted by Gasteiger charge is 2.05. The molecule has 0 saturated carbocycles. The van der Waals surface area contributed by atoms with E-state index in [1.807, 2.05) is 42.5 Å². The molecule has 0 bridgehead atoms. The second-order valence-electron chi connectivity index (χ2n) is 3.85. The lowest BCUT2D eigenvalue weighted by Gasteiger charge is -2.04. The number of rotatable bonds is 2. The standard InChI is InChI=1S/C13H9BrClN3/c14-9-3-1-2-4-10(9)16-13-17-11-6-5-8(15)7-12(11)18-13/h1-7H,(H2,16,17,18). The zero-order valence-corrected chi connectivity index (χ0v) is 11.6. The number of anilines is 2. The minimum absolute atomic E-state index is 0.693. The third kappa shape index (κ3) is 2.21. The molecule has 0 fully saturated rings. The van der Waals surface area contributed by atoms with Crippen LogP contribution in [0, 0.1) is 0 Å². The summed E-state index contributed by atoms with van der Waals surface area (Å²) in [7, 11) is 0. The van der Waals surface area contributed by atoms with Gasteiger partial charge in [0.25, 0.3) is 0 Å². The van der Waals surface area contributed by atoms with Crippen molar-refractivity contribution in [1.82, 2.24) is 9.97 Å². The molecule has 3 rings (SSSR count). The van der Waals surface area contributed by atoms with E-state index in [2.05, 4.69) is 31.2 Å². The fourth-order valence-electron chi connectivity index (χ4n) is 1.73. The number of H-pyrrole nitrogens is 1. The van der Waals surface area contributed by atoms with Crippen molar-refractivity contribution in [2.45, 2.75) is 0 Å². The maximum absolute atomic E-state index is 5.94. The van der Waals surface area contributed by atoms with E-state index in [9.17, 15) is 0 Å². The Morgan fingerprint density at radius 1 is 1.17 bits per heavy atom. The number of imidazole rings is 1. The Morgan fingerprint density at radius 3 is 2.83 bits per heavy atom. The van der Waals surface area contributed by atoms with Gasteiger partial charge in [0.15, 0.2) is 0 Å². The SMILES string of the molecule is Clc1ccc2nc(Nc3ccccc3Br)[nH]c2c1. The zero-order valence-electron chi connectivity index (χ0n) is 9.24. The molecule has 0 saturated heterocycles. The van der Waals surface area contributed by atoms with Crippen molar-refractivity contribution in [3.63, 3.8) is 0 Å². The number of hydrogen-bond acceptors (Lipinski definition) is 2. The maximum atomic E-state index is 5.94. The Bertz CT molecular complexity index is 708. The summed E-state index contributed by atoms with van der Waals surface area (Å²) in [5.41, 5.74) is 2.76. The monoisotopic (exact) mass is 321 g/mol. The number of halogens is 2. The van der Waals surface area contributed by atoms with Crippen LogP contribution in [0.4, 0.5) is 11.6 Å². The molecule has 0 aliphatic rings. The fourth-order valence-corrected chi connectivity index (χ4v) is 2.29. The molecule has 2 N–H and O–H groups in total. The molecular weight excluding hydrogens is 314 g/mol. The van der Waals surface area contributed by atoms with Crippen LogP contribution in [-0.4, -0.2) is 9.97 Å². The van der Waals surface area contributed by atoms with E-state index in [1.54, 1.807) is 0 Å². The van der Waals surface area contributed by atoms with E-state index in [1.165, 1.54) is 0 Å². The Labute approximate surface area is 117 Å². The summed E-state index contributed by atoms with van der Waals surface area (Å²) in [6, 6.07) is 13.5. The third-order valence-corrected chi connectivity index (χ3v) is 3.50. The predicted molar refractivity (Wildman–Crippen MR) is 78.5 cm³/mol. The van der Waals surface area contributed by atoms with Crippen molar-refractivity contribution >= 4 is 50.2 Å². The third-order valence-electron chi connectivity index (χ3n) is 2.57. The second-order valence-corrected chi connectivity index (χ2v) is 5.14. The van der Waals surface area contributed by atoms with E-state index in [-0.39, 0.29) is 0 Å². The molecule has 3 aromatic rings. The van der Waals surface area contributed by atoms with Gasteiger partial charge in [-0.15, -0.1) is 0 Å². The highest BCUT2D eigenvalue weighted by molar-refractivity contribution is 9.10. The average molecular weight is 323 g/mol. The van der Waals surface area contributed by atoms with Gasteiger partial charge in [0, 0.05) is 9.50 Å². The highest BCUT2D eigenvalue weighted by Crippen LogP contribution is 2.25. The van der Waals surface area contributed by atoms with Crippen molar-refractivity contribution in [2.24, 2.45) is 0 Å².